The second kappa shape index (κ2) is 5.98. The molecule has 0 radical (unpaired) electrons. The van der Waals surface area contributed by atoms with E-state index in [2.05, 4.69) is 6.92 Å². The third kappa shape index (κ3) is 2.26. The van der Waals surface area contributed by atoms with Gasteiger partial charge in [-0.3, -0.25) is 9.59 Å². The van der Waals surface area contributed by atoms with E-state index in [0.29, 0.717) is 19.3 Å². The maximum Gasteiger partial charge on any atom is 0.190 e. The van der Waals surface area contributed by atoms with Crippen molar-refractivity contribution in [3.05, 3.63) is 11.6 Å². The van der Waals surface area contributed by atoms with Gasteiger partial charge in [0.2, 0.25) is 0 Å². The number of Topliss-reactive ketones (excluding diaryl/α,β-unsaturated/α-hetero) is 1. The monoisotopic (exact) mass is 362 g/mol. The maximum absolute atomic E-state index is 12.4. The zero-order valence-corrected chi connectivity index (χ0v) is 15.6. The Morgan fingerprint density at radius 2 is 2.08 bits per heavy atom. The lowest BCUT2D eigenvalue weighted by Gasteiger charge is -2.57. The maximum atomic E-state index is 12.4. The molecule has 144 valence electrons. The van der Waals surface area contributed by atoms with Crippen LogP contribution in [0.3, 0.4) is 0 Å². The van der Waals surface area contributed by atoms with E-state index in [1.807, 2.05) is 13.0 Å². The molecule has 0 aromatic rings. The lowest BCUT2D eigenvalue weighted by Crippen LogP contribution is -2.60. The van der Waals surface area contributed by atoms with E-state index in [1.165, 1.54) is 5.57 Å². The van der Waals surface area contributed by atoms with Crippen LogP contribution in [0.4, 0.5) is 0 Å². The Morgan fingerprint density at radius 1 is 1.35 bits per heavy atom. The van der Waals surface area contributed by atoms with E-state index in [0.717, 1.165) is 19.3 Å². The van der Waals surface area contributed by atoms with E-state index in [-0.39, 0.29) is 35.4 Å². The van der Waals surface area contributed by atoms with Gasteiger partial charge in [0.1, 0.15) is 12.2 Å². The van der Waals surface area contributed by atoms with Crippen molar-refractivity contribution in [3.8, 4) is 0 Å². The van der Waals surface area contributed by atoms with Crippen LogP contribution in [0.5, 0.6) is 0 Å². The molecule has 0 aromatic carbocycles. The quantitative estimate of drug-likeness (QED) is 0.694. The number of ketones is 2. The summed E-state index contributed by atoms with van der Waals surface area (Å²) in [4.78, 5) is 24.3. The average molecular weight is 362 g/mol. The molecular formula is C21H30O5. The number of hydrogen-bond donors (Lipinski definition) is 3. The van der Waals surface area contributed by atoms with Crippen molar-refractivity contribution in [2.24, 2.45) is 35.0 Å². The van der Waals surface area contributed by atoms with Crippen LogP contribution in [0.1, 0.15) is 52.4 Å². The van der Waals surface area contributed by atoms with Gasteiger partial charge >= 0.3 is 0 Å². The number of carbonyl (C=O) groups excluding carboxylic acids is 2. The van der Waals surface area contributed by atoms with Crippen molar-refractivity contribution in [3.63, 3.8) is 0 Å². The third-order valence-electron chi connectivity index (χ3n) is 8.37. The molecule has 8 atom stereocenters. The molecule has 3 N–H and O–H groups in total. The summed E-state index contributed by atoms with van der Waals surface area (Å²) in [6, 6.07) is 0. The molecule has 0 amide bonds. The fraction of sp³-hybridized carbons (Fsp3) is 0.810. The minimum Gasteiger partial charge on any atom is -0.393 e. The van der Waals surface area contributed by atoms with Crippen LogP contribution >= 0.6 is 0 Å². The Morgan fingerprint density at radius 3 is 2.77 bits per heavy atom. The van der Waals surface area contributed by atoms with Gasteiger partial charge in [-0.2, -0.15) is 0 Å². The number of hydrogen-bond acceptors (Lipinski definition) is 5. The summed E-state index contributed by atoms with van der Waals surface area (Å²) in [6.45, 7) is 3.38. The van der Waals surface area contributed by atoms with Crippen LogP contribution in [-0.4, -0.2) is 45.2 Å². The molecule has 0 aliphatic heterocycles. The van der Waals surface area contributed by atoms with E-state index >= 15 is 0 Å². The van der Waals surface area contributed by atoms with Crippen molar-refractivity contribution < 1.29 is 24.9 Å². The van der Waals surface area contributed by atoms with Crippen LogP contribution in [0.25, 0.3) is 0 Å². The third-order valence-corrected chi connectivity index (χ3v) is 8.37. The lowest BCUT2D eigenvalue weighted by atomic mass is 9.48. The molecular weight excluding hydrogens is 332 g/mol. The zero-order chi connectivity index (χ0) is 18.9. The summed E-state index contributed by atoms with van der Waals surface area (Å²) >= 11 is 0. The first-order valence-corrected chi connectivity index (χ1v) is 10.0. The molecule has 5 heteroatoms. The molecule has 0 bridgehead atoms. The second-order valence-electron chi connectivity index (χ2n) is 9.45. The van der Waals surface area contributed by atoms with Gasteiger partial charge in [0.05, 0.1) is 6.10 Å². The number of fused-ring (bicyclic) bond motifs is 5. The molecule has 4 aliphatic rings. The van der Waals surface area contributed by atoms with Gasteiger partial charge in [0.25, 0.3) is 0 Å². The molecule has 4 aliphatic carbocycles. The Kier molecular flexibility index (Phi) is 4.22. The number of carbonyl (C=O) groups is 2. The summed E-state index contributed by atoms with van der Waals surface area (Å²) in [5.74, 6) is 0.664. The highest BCUT2D eigenvalue weighted by molar-refractivity contribution is 5.91. The number of aliphatic hydroxyl groups excluding tert-OH is 2. The van der Waals surface area contributed by atoms with Crippen LogP contribution in [-0.2, 0) is 9.59 Å². The SMILES string of the molecule is C[C@@H]1CC(=O)C=C2CC[C@@H]3[C@@H]([C@H]21)[C@@H](O)C[C@@]1(C)[C@H]3CC[C@]1(O)C(=O)CO. The molecule has 0 aromatic heterocycles. The van der Waals surface area contributed by atoms with E-state index in [9.17, 15) is 24.9 Å². The molecule has 26 heavy (non-hydrogen) atoms. The standard InChI is InChI=1S/C21H30O5/c1-11-7-13(23)8-12-3-4-14-15-5-6-21(26,17(25)10-22)20(15,2)9-16(24)19(14)18(11)12/h8,11,14-16,18-19,22,24,26H,3-7,9-10H2,1-2H3/t11-,14+,15+,16+,18+,19-,20+,21+/m1/s1. The number of allylic oxidation sites excluding steroid dienone is 1. The lowest BCUT2D eigenvalue weighted by molar-refractivity contribution is -0.177. The summed E-state index contributed by atoms with van der Waals surface area (Å²) in [5.41, 5.74) is -1.04. The topological polar surface area (TPSA) is 94.8 Å². The van der Waals surface area contributed by atoms with Gasteiger partial charge in [-0.25, -0.2) is 0 Å². The summed E-state index contributed by atoms with van der Waals surface area (Å²) in [5, 5.41) is 31.7. The fourth-order valence-corrected chi connectivity index (χ4v) is 7.26. The fourth-order valence-electron chi connectivity index (χ4n) is 7.26. The summed E-state index contributed by atoms with van der Waals surface area (Å²) in [6.07, 6.45) is 5.02. The van der Waals surface area contributed by atoms with Crippen molar-refractivity contribution in [1.29, 1.82) is 0 Å². The number of rotatable bonds is 2. The predicted molar refractivity (Wildman–Crippen MR) is 95.1 cm³/mol. The number of aliphatic hydroxyl groups is 3. The van der Waals surface area contributed by atoms with Gasteiger partial charge in [-0.15, -0.1) is 0 Å². The average Bonchev–Trinajstić information content (AvgIpc) is 2.85. The minimum absolute atomic E-state index is 0.0998. The van der Waals surface area contributed by atoms with Gasteiger partial charge in [0, 0.05) is 11.8 Å². The van der Waals surface area contributed by atoms with Gasteiger partial charge in [0.15, 0.2) is 11.6 Å². The molecule has 4 rings (SSSR count). The van der Waals surface area contributed by atoms with Crippen molar-refractivity contribution in [2.75, 3.05) is 6.61 Å². The Bertz CT molecular complexity index is 669. The second-order valence-corrected chi connectivity index (χ2v) is 9.45. The zero-order valence-electron chi connectivity index (χ0n) is 15.6. The Balaban J connectivity index is 1.71. The molecule has 0 saturated heterocycles. The first-order chi connectivity index (χ1) is 12.2. The molecule has 0 heterocycles. The highest BCUT2D eigenvalue weighted by atomic mass is 16.3. The van der Waals surface area contributed by atoms with Crippen LogP contribution < -0.4 is 0 Å². The predicted octanol–water partition coefficient (Wildman–Crippen LogP) is 1.64. The highest BCUT2D eigenvalue weighted by Gasteiger charge is 2.67. The van der Waals surface area contributed by atoms with E-state index in [4.69, 9.17) is 0 Å². The first-order valence-electron chi connectivity index (χ1n) is 10.0. The molecule has 3 fully saturated rings. The van der Waals surface area contributed by atoms with E-state index in [1.54, 1.807) is 0 Å². The van der Waals surface area contributed by atoms with Crippen molar-refractivity contribution >= 4 is 11.6 Å². The summed E-state index contributed by atoms with van der Waals surface area (Å²) < 4.78 is 0. The molecule has 0 spiro atoms. The van der Waals surface area contributed by atoms with E-state index < -0.39 is 29.5 Å². The Hall–Kier alpha value is -1.04. The molecule has 5 nitrogen and oxygen atoms in total. The van der Waals surface area contributed by atoms with Crippen LogP contribution in [0.2, 0.25) is 0 Å². The molecule has 0 unspecified atom stereocenters. The first kappa shape index (κ1) is 18.3. The summed E-state index contributed by atoms with van der Waals surface area (Å²) in [7, 11) is 0. The Labute approximate surface area is 154 Å². The molecule has 3 saturated carbocycles. The normalized spacial score (nSPS) is 50.5. The highest BCUT2D eigenvalue weighted by Crippen LogP contribution is 2.65. The van der Waals surface area contributed by atoms with Crippen LogP contribution in [0.15, 0.2) is 11.6 Å². The van der Waals surface area contributed by atoms with Crippen molar-refractivity contribution in [2.45, 2.75) is 64.1 Å². The van der Waals surface area contributed by atoms with Crippen molar-refractivity contribution in [1.82, 2.24) is 0 Å². The van der Waals surface area contributed by atoms with Gasteiger partial charge in [-0.1, -0.05) is 19.4 Å². The largest absolute Gasteiger partial charge is 0.393 e. The minimum atomic E-state index is -1.54. The smallest absolute Gasteiger partial charge is 0.190 e. The van der Waals surface area contributed by atoms with Gasteiger partial charge < -0.3 is 15.3 Å². The van der Waals surface area contributed by atoms with Crippen LogP contribution in [0, 0.1) is 35.0 Å². The van der Waals surface area contributed by atoms with Gasteiger partial charge in [-0.05, 0) is 67.8 Å².